The van der Waals surface area contributed by atoms with Crippen molar-refractivity contribution in [2.24, 2.45) is 0 Å². The zero-order chi connectivity index (χ0) is 10.8. The van der Waals surface area contributed by atoms with Crippen LogP contribution in [0.25, 0.3) is 11.3 Å². The van der Waals surface area contributed by atoms with Crippen molar-refractivity contribution in [3.8, 4) is 11.3 Å². The molecule has 4 heteroatoms. The summed E-state index contributed by atoms with van der Waals surface area (Å²) in [5.74, 6) is 0.388. The molecular formula is C11H11N3O. The maximum absolute atomic E-state index is 10.6. The Hall–Kier alpha value is -2.10. The number of carbonyl (C=O) groups is 1. The molecule has 3 N–H and O–H groups in total. The number of nitrogen functional groups attached to an aromatic ring is 1. The molecule has 0 bridgehead atoms. The highest BCUT2D eigenvalue weighted by molar-refractivity contribution is 5.78. The number of anilines is 1. The van der Waals surface area contributed by atoms with Gasteiger partial charge in [-0.15, -0.1) is 0 Å². The van der Waals surface area contributed by atoms with Gasteiger partial charge in [-0.3, -0.25) is 4.79 Å². The molecule has 15 heavy (non-hydrogen) atoms. The number of nitrogens with two attached hydrogens (primary N) is 1. The van der Waals surface area contributed by atoms with E-state index in [0.29, 0.717) is 11.5 Å². The van der Waals surface area contributed by atoms with E-state index in [2.05, 4.69) is 9.97 Å². The topological polar surface area (TPSA) is 71.8 Å². The first-order valence-electron chi connectivity index (χ1n) is 4.58. The molecule has 0 aliphatic rings. The van der Waals surface area contributed by atoms with Gasteiger partial charge in [-0.05, 0) is 13.0 Å². The summed E-state index contributed by atoms with van der Waals surface area (Å²) in [6.45, 7) is 1.90. The Morgan fingerprint density at radius 3 is 2.87 bits per heavy atom. The van der Waals surface area contributed by atoms with Crippen LogP contribution in [-0.2, 0) is 0 Å². The summed E-state index contributed by atoms with van der Waals surface area (Å²) < 4.78 is 0. The summed E-state index contributed by atoms with van der Waals surface area (Å²) in [4.78, 5) is 17.7. The zero-order valence-corrected chi connectivity index (χ0v) is 8.32. The molecule has 0 unspecified atom stereocenters. The van der Waals surface area contributed by atoms with Gasteiger partial charge in [0.2, 0.25) is 0 Å². The quantitative estimate of drug-likeness (QED) is 0.727. The van der Waals surface area contributed by atoms with Gasteiger partial charge >= 0.3 is 0 Å². The second-order valence-electron chi connectivity index (χ2n) is 3.34. The van der Waals surface area contributed by atoms with E-state index in [1.165, 1.54) is 0 Å². The maximum atomic E-state index is 10.6. The standard InChI is InChI=1S/C11H11N3O/c1-7-10(14-11(12)13-7)9-4-2-3-8(5-9)6-15/h2-6H,1H3,(H3,12,13,14). The van der Waals surface area contributed by atoms with Crippen LogP contribution < -0.4 is 5.73 Å². The smallest absolute Gasteiger partial charge is 0.198 e. The fraction of sp³-hybridized carbons (Fsp3) is 0.0909. The zero-order valence-electron chi connectivity index (χ0n) is 8.32. The van der Waals surface area contributed by atoms with Crippen LogP contribution in [0.5, 0.6) is 0 Å². The molecule has 76 valence electrons. The van der Waals surface area contributed by atoms with Gasteiger partial charge in [-0.2, -0.15) is 0 Å². The van der Waals surface area contributed by atoms with Crippen LogP contribution in [-0.4, -0.2) is 16.3 Å². The number of aldehydes is 1. The number of nitrogens with zero attached hydrogens (tertiary/aromatic N) is 1. The van der Waals surface area contributed by atoms with E-state index in [-0.39, 0.29) is 0 Å². The lowest BCUT2D eigenvalue weighted by Gasteiger charge is -1.98. The molecule has 0 spiro atoms. The lowest BCUT2D eigenvalue weighted by atomic mass is 10.1. The molecule has 0 saturated heterocycles. The summed E-state index contributed by atoms with van der Waals surface area (Å²) in [5.41, 5.74) is 8.76. The van der Waals surface area contributed by atoms with Gasteiger partial charge in [0, 0.05) is 16.8 Å². The molecule has 1 aromatic heterocycles. The Kier molecular flexibility index (Phi) is 2.25. The van der Waals surface area contributed by atoms with Crippen LogP contribution >= 0.6 is 0 Å². The van der Waals surface area contributed by atoms with E-state index in [9.17, 15) is 4.79 Å². The number of carbonyl (C=O) groups excluding carboxylic acids is 1. The van der Waals surface area contributed by atoms with Crippen LogP contribution in [0.3, 0.4) is 0 Å². The third-order valence-corrected chi connectivity index (χ3v) is 2.20. The lowest BCUT2D eigenvalue weighted by molar-refractivity contribution is 0.112. The number of benzene rings is 1. The highest BCUT2D eigenvalue weighted by atomic mass is 16.1. The Balaban J connectivity index is 2.53. The molecule has 0 saturated carbocycles. The first-order chi connectivity index (χ1) is 7.20. The van der Waals surface area contributed by atoms with E-state index in [4.69, 9.17) is 5.73 Å². The number of aromatic nitrogens is 2. The fourth-order valence-corrected chi connectivity index (χ4v) is 1.52. The van der Waals surface area contributed by atoms with Crippen LogP contribution in [0.15, 0.2) is 24.3 Å². The van der Waals surface area contributed by atoms with Gasteiger partial charge in [-0.1, -0.05) is 18.2 Å². The molecule has 0 amide bonds. The Morgan fingerprint density at radius 2 is 2.27 bits per heavy atom. The minimum absolute atomic E-state index is 0.388. The van der Waals surface area contributed by atoms with Crippen molar-refractivity contribution in [2.75, 3.05) is 5.73 Å². The van der Waals surface area contributed by atoms with Crippen molar-refractivity contribution < 1.29 is 4.79 Å². The van der Waals surface area contributed by atoms with E-state index >= 15 is 0 Å². The fourth-order valence-electron chi connectivity index (χ4n) is 1.52. The Bertz CT molecular complexity index is 502. The van der Waals surface area contributed by atoms with E-state index in [1.807, 2.05) is 19.1 Å². The second kappa shape index (κ2) is 3.57. The van der Waals surface area contributed by atoms with Gasteiger partial charge in [-0.25, -0.2) is 4.98 Å². The van der Waals surface area contributed by atoms with Gasteiger partial charge in [0.05, 0.1) is 5.69 Å². The van der Waals surface area contributed by atoms with Gasteiger partial charge in [0.1, 0.15) is 6.29 Å². The molecule has 0 aliphatic carbocycles. The second-order valence-corrected chi connectivity index (χ2v) is 3.34. The number of H-pyrrole nitrogens is 1. The number of hydrogen-bond acceptors (Lipinski definition) is 3. The van der Waals surface area contributed by atoms with Crippen LogP contribution in [0.2, 0.25) is 0 Å². The summed E-state index contributed by atoms with van der Waals surface area (Å²) in [7, 11) is 0. The predicted octanol–water partition coefficient (Wildman–Crippen LogP) is 1.78. The maximum Gasteiger partial charge on any atom is 0.198 e. The van der Waals surface area contributed by atoms with Crippen LogP contribution in [0.4, 0.5) is 5.95 Å². The summed E-state index contributed by atoms with van der Waals surface area (Å²) in [5, 5.41) is 0. The van der Waals surface area contributed by atoms with Crippen LogP contribution in [0.1, 0.15) is 16.1 Å². The summed E-state index contributed by atoms with van der Waals surface area (Å²) in [6, 6.07) is 7.26. The van der Waals surface area contributed by atoms with Crippen LogP contribution in [0, 0.1) is 6.92 Å². The summed E-state index contributed by atoms with van der Waals surface area (Å²) >= 11 is 0. The first-order valence-corrected chi connectivity index (χ1v) is 4.58. The normalized spacial score (nSPS) is 10.2. The highest BCUT2D eigenvalue weighted by Crippen LogP contribution is 2.22. The van der Waals surface area contributed by atoms with Crippen molar-refractivity contribution in [2.45, 2.75) is 6.92 Å². The molecular weight excluding hydrogens is 190 g/mol. The largest absolute Gasteiger partial charge is 0.369 e. The molecule has 1 heterocycles. The predicted molar refractivity (Wildman–Crippen MR) is 58.6 cm³/mol. The van der Waals surface area contributed by atoms with Crippen molar-refractivity contribution in [1.29, 1.82) is 0 Å². The van der Waals surface area contributed by atoms with Gasteiger partial charge in [0.15, 0.2) is 5.95 Å². The molecule has 0 atom stereocenters. The number of hydrogen-bond donors (Lipinski definition) is 2. The molecule has 1 aromatic carbocycles. The first kappa shape index (κ1) is 9.45. The third-order valence-electron chi connectivity index (χ3n) is 2.20. The highest BCUT2D eigenvalue weighted by Gasteiger charge is 2.07. The lowest BCUT2D eigenvalue weighted by Crippen LogP contribution is -1.86. The number of imidazole rings is 1. The minimum atomic E-state index is 0.388. The third kappa shape index (κ3) is 1.74. The van der Waals surface area contributed by atoms with Crippen molar-refractivity contribution in [3.05, 3.63) is 35.5 Å². The van der Waals surface area contributed by atoms with Crippen molar-refractivity contribution in [1.82, 2.24) is 9.97 Å². The van der Waals surface area contributed by atoms with E-state index in [1.54, 1.807) is 12.1 Å². The average molecular weight is 201 g/mol. The molecule has 4 nitrogen and oxygen atoms in total. The van der Waals surface area contributed by atoms with Crippen molar-refractivity contribution in [3.63, 3.8) is 0 Å². The Labute approximate surface area is 87.1 Å². The van der Waals surface area contributed by atoms with E-state index < -0.39 is 0 Å². The Morgan fingerprint density at radius 1 is 1.47 bits per heavy atom. The minimum Gasteiger partial charge on any atom is -0.369 e. The average Bonchev–Trinajstić information content (AvgIpc) is 2.58. The SMILES string of the molecule is Cc1[nH]c(N)nc1-c1cccc(C=O)c1. The number of aryl methyl sites for hydroxylation is 1. The number of rotatable bonds is 2. The van der Waals surface area contributed by atoms with Crippen molar-refractivity contribution >= 4 is 12.2 Å². The molecule has 0 radical (unpaired) electrons. The van der Waals surface area contributed by atoms with E-state index in [0.717, 1.165) is 23.2 Å². The monoisotopic (exact) mass is 201 g/mol. The number of aromatic amines is 1. The van der Waals surface area contributed by atoms with Gasteiger partial charge in [0.25, 0.3) is 0 Å². The molecule has 0 fully saturated rings. The summed E-state index contributed by atoms with van der Waals surface area (Å²) in [6.07, 6.45) is 0.814. The molecule has 0 aliphatic heterocycles. The molecule has 2 rings (SSSR count). The van der Waals surface area contributed by atoms with Gasteiger partial charge < -0.3 is 10.7 Å². The molecule has 2 aromatic rings. The number of nitrogens with one attached hydrogen (secondary N) is 1.